The van der Waals surface area contributed by atoms with E-state index in [1.807, 2.05) is 48.7 Å². The van der Waals surface area contributed by atoms with E-state index in [1.165, 1.54) is 43.4 Å². The summed E-state index contributed by atoms with van der Waals surface area (Å²) < 4.78 is 16.0. The number of benzene rings is 4. The minimum absolute atomic E-state index is 0.00138. The molecule has 0 fully saturated rings. The third kappa shape index (κ3) is 9.28. The number of hydrogen-bond acceptors (Lipinski definition) is 9. The average molecular weight is 695 g/mol. The van der Waals surface area contributed by atoms with E-state index in [9.17, 15) is 14.4 Å². The Morgan fingerprint density at radius 3 is 2.18 bits per heavy atom. The number of anilines is 2. The number of rotatable bonds is 13. The topological polar surface area (TPSA) is 128 Å². The lowest BCUT2D eigenvalue weighted by Crippen LogP contribution is -2.30. The highest BCUT2D eigenvalue weighted by Crippen LogP contribution is 2.30. The molecule has 12 heteroatoms. The fourth-order valence-corrected chi connectivity index (χ4v) is 6.15. The lowest BCUT2D eigenvalue weighted by molar-refractivity contribution is -0.115. The Morgan fingerprint density at radius 2 is 1.51 bits per heavy atom. The molecule has 0 bridgehead atoms. The zero-order valence-corrected chi connectivity index (χ0v) is 28.8. The molecule has 0 aliphatic rings. The van der Waals surface area contributed by atoms with Crippen molar-refractivity contribution >= 4 is 57.7 Å². The van der Waals surface area contributed by atoms with Crippen LogP contribution < -0.4 is 30.2 Å². The van der Waals surface area contributed by atoms with E-state index in [0.29, 0.717) is 33.4 Å². The Labute approximate surface area is 292 Å². The number of nitrogens with zero attached hydrogens (tertiary/aromatic N) is 1. The van der Waals surface area contributed by atoms with Crippen LogP contribution in [0.3, 0.4) is 0 Å². The largest absolute Gasteiger partial charge is 0.497 e. The zero-order valence-electron chi connectivity index (χ0n) is 27.2. The highest BCUT2D eigenvalue weighted by atomic mass is 32.2. The summed E-state index contributed by atoms with van der Waals surface area (Å²) in [5.74, 6) is 0.634. The molecule has 1 unspecified atom stereocenters. The summed E-state index contributed by atoms with van der Waals surface area (Å²) in [6.45, 7) is 1.81. The molecule has 1 atom stereocenters. The second kappa shape index (κ2) is 16.5. The van der Waals surface area contributed by atoms with Crippen LogP contribution in [-0.2, 0) is 9.59 Å². The molecule has 4 aromatic carbocycles. The number of thiazole rings is 1. The minimum Gasteiger partial charge on any atom is -0.497 e. The van der Waals surface area contributed by atoms with Gasteiger partial charge in [-0.15, -0.1) is 23.1 Å². The Balaban J connectivity index is 1.24. The highest BCUT2D eigenvalue weighted by molar-refractivity contribution is 8.00. The van der Waals surface area contributed by atoms with E-state index in [0.717, 1.165) is 21.9 Å². The number of hydrogen-bond donors (Lipinski definition) is 3. The van der Waals surface area contributed by atoms with Crippen molar-refractivity contribution in [3.8, 4) is 28.5 Å². The monoisotopic (exact) mass is 694 g/mol. The van der Waals surface area contributed by atoms with Gasteiger partial charge in [0, 0.05) is 32.7 Å². The molecule has 0 spiro atoms. The molecule has 0 aliphatic carbocycles. The van der Waals surface area contributed by atoms with Crippen LogP contribution in [0.2, 0.25) is 0 Å². The number of thioether (sulfide) groups is 1. The summed E-state index contributed by atoms with van der Waals surface area (Å²) in [6.07, 6.45) is 1.53. The lowest BCUT2D eigenvalue weighted by atomic mass is 10.1. The quantitative estimate of drug-likeness (QED) is 0.0862. The standard InChI is InChI=1S/C37H34N4O6S2/c1-23(34(42)41-37-40-32(22-48-37)24-10-14-28(45-2)15-11-24)49-30-17-12-27(13-18-30)38-36(44)31(39-35(43)25-8-6-5-7-9-25)21-26-20-29(46-3)16-19-33(26)47-4/h5-23H,1-4H3,(H,38,44)(H,39,43)(H,40,41,42)/b31-21-. The van der Waals surface area contributed by atoms with E-state index in [-0.39, 0.29) is 11.6 Å². The molecule has 49 heavy (non-hydrogen) atoms. The maximum Gasteiger partial charge on any atom is 0.272 e. The van der Waals surface area contributed by atoms with Gasteiger partial charge in [-0.3, -0.25) is 14.4 Å². The number of carbonyl (C=O) groups excluding carboxylic acids is 3. The van der Waals surface area contributed by atoms with Gasteiger partial charge in [0.1, 0.15) is 22.9 Å². The van der Waals surface area contributed by atoms with Gasteiger partial charge in [0.25, 0.3) is 11.8 Å². The second-order valence-electron chi connectivity index (χ2n) is 10.5. The van der Waals surface area contributed by atoms with Gasteiger partial charge >= 0.3 is 0 Å². The SMILES string of the molecule is COc1ccc(-c2csc(NC(=O)C(C)Sc3ccc(NC(=O)/C(=C/c4cc(OC)ccc4OC)NC(=O)c4ccccc4)cc3)n2)cc1. The van der Waals surface area contributed by atoms with Crippen LogP contribution in [0.15, 0.2) is 113 Å². The molecule has 0 saturated carbocycles. The van der Waals surface area contributed by atoms with E-state index >= 15 is 0 Å². The average Bonchev–Trinajstić information content (AvgIpc) is 3.60. The zero-order chi connectivity index (χ0) is 34.8. The summed E-state index contributed by atoms with van der Waals surface area (Å²) in [4.78, 5) is 44.9. The van der Waals surface area contributed by atoms with Crippen LogP contribution >= 0.6 is 23.1 Å². The maximum absolute atomic E-state index is 13.5. The van der Waals surface area contributed by atoms with Crippen LogP contribution in [0.4, 0.5) is 10.8 Å². The van der Waals surface area contributed by atoms with Crippen LogP contribution in [0, 0.1) is 0 Å². The molecule has 0 radical (unpaired) electrons. The van der Waals surface area contributed by atoms with Crippen molar-refractivity contribution < 1.29 is 28.6 Å². The number of aromatic nitrogens is 1. The lowest BCUT2D eigenvalue weighted by Gasteiger charge is -2.14. The number of nitrogens with one attached hydrogen (secondary N) is 3. The Morgan fingerprint density at radius 1 is 0.816 bits per heavy atom. The fourth-order valence-electron chi connectivity index (χ4n) is 4.56. The Hall–Kier alpha value is -5.59. The minimum atomic E-state index is -0.542. The Kier molecular flexibility index (Phi) is 11.7. The summed E-state index contributed by atoms with van der Waals surface area (Å²) in [7, 11) is 4.67. The molecule has 5 aromatic rings. The van der Waals surface area contributed by atoms with Crippen molar-refractivity contribution in [1.82, 2.24) is 10.3 Å². The number of amides is 3. The van der Waals surface area contributed by atoms with Gasteiger partial charge in [0.05, 0.1) is 32.3 Å². The van der Waals surface area contributed by atoms with Crippen molar-refractivity contribution in [2.45, 2.75) is 17.1 Å². The summed E-state index contributed by atoms with van der Waals surface area (Å²) in [6, 6.07) is 28.4. The van der Waals surface area contributed by atoms with Crippen molar-refractivity contribution in [3.63, 3.8) is 0 Å². The summed E-state index contributed by atoms with van der Waals surface area (Å²) in [5.41, 5.74) is 3.12. The normalized spacial score (nSPS) is 11.6. The molecule has 10 nitrogen and oxygen atoms in total. The van der Waals surface area contributed by atoms with Crippen LogP contribution in [0.25, 0.3) is 17.3 Å². The highest BCUT2D eigenvalue weighted by Gasteiger charge is 2.19. The Bertz CT molecular complexity index is 1940. The van der Waals surface area contributed by atoms with Crippen LogP contribution in [0.1, 0.15) is 22.8 Å². The third-order valence-corrected chi connectivity index (χ3v) is 9.05. The molecule has 1 aromatic heterocycles. The predicted molar refractivity (Wildman–Crippen MR) is 195 cm³/mol. The first-order valence-electron chi connectivity index (χ1n) is 15.0. The molecule has 0 saturated heterocycles. The van der Waals surface area contributed by atoms with Gasteiger partial charge in [0.2, 0.25) is 5.91 Å². The van der Waals surface area contributed by atoms with Gasteiger partial charge in [-0.1, -0.05) is 18.2 Å². The van der Waals surface area contributed by atoms with E-state index < -0.39 is 17.1 Å². The molecule has 3 N–H and O–H groups in total. The molecule has 5 rings (SSSR count). The molecule has 1 heterocycles. The predicted octanol–water partition coefficient (Wildman–Crippen LogP) is 7.36. The van der Waals surface area contributed by atoms with Crippen molar-refractivity contribution in [2.75, 3.05) is 32.0 Å². The first-order valence-corrected chi connectivity index (χ1v) is 16.8. The van der Waals surface area contributed by atoms with E-state index in [2.05, 4.69) is 20.9 Å². The van der Waals surface area contributed by atoms with Gasteiger partial charge < -0.3 is 30.2 Å². The first kappa shape index (κ1) is 34.7. The number of ether oxygens (including phenoxy) is 3. The molecule has 0 aliphatic heterocycles. The molecular weight excluding hydrogens is 661 g/mol. The van der Waals surface area contributed by atoms with Gasteiger partial charge in [-0.25, -0.2) is 4.98 Å². The second-order valence-corrected chi connectivity index (χ2v) is 12.8. The third-order valence-electron chi connectivity index (χ3n) is 7.18. The van der Waals surface area contributed by atoms with E-state index in [4.69, 9.17) is 14.2 Å². The molecule has 3 amide bonds. The van der Waals surface area contributed by atoms with Gasteiger partial charge in [-0.2, -0.15) is 0 Å². The van der Waals surface area contributed by atoms with Crippen LogP contribution in [-0.4, -0.2) is 49.3 Å². The molecule has 250 valence electrons. The van der Waals surface area contributed by atoms with Crippen LogP contribution in [0.5, 0.6) is 17.2 Å². The number of methoxy groups -OCH3 is 3. The van der Waals surface area contributed by atoms with Gasteiger partial charge in [-0.05, 0) is 91.9 Å². The summed E-state index contributed by atoms with van der Waals surface area (Å²) in [5, 5.41) is 10.5. The maximum atomic E-state index is 13.5. The number of carbonyl (C=O) groups is 3. The molecular formula is C37H34N4O6S2. The van der Waals surface area contributed by atoms with Crippen molar-refractivity contribution in [2.24, 2.45) is 0 Å². The van der Waals surface area contributed by atoms with Crippen molar-refractivity contribution in [1.29, 1.82) is 0 Å². The van der Waals surface area contributed by atoms with Crippen molar-refractivity contribution in [3.05, 3.63) is 119 Å². The summed E-state index contributed by atoms with van der Waals surface area (Å²) >= 11 is 2.73. The fraction of sp³-hybridized carbons (Fsp3) is 0.135. The smallest absolute Gasteiger partial charge is 0.272 e. The van der Waals surface area contributed by atoms with Gasteiger partial charge in [0.15, 0.2) is 5.13 Å². The van der Waals surface area contributed by atoms with E-state index in [1.54, 1.807) is 67.8 Å². The first-order chi connectivity index (χ1) is 23.8.